The van der Waals surface area contributed by atoms with Gasteiger partial charge in [0.2, 0.25) is 0 Å². The number of benzene rings is 1. The summed E-state index contributed by atoms with van der Waals surface area (Å²) < 4.78 is 0. The highest BCUT2D eigenvalue weighted by molar-refractivity contribution is 6.29. The molecule has 1 aromatic heterocycles. The Bertz CT molecular complexity index is 530. The van der Waals surface area contributed by atoms with Crippen molar-refractivity contribution in [3.63, 3.8) is 0 Å². The molecule has 1 aromatic carbocycles. The van der Waals surface area contributed by atoms with E-state index in [9.17, 15) is 0 Å². The van der Waals surface area contributed by atoms with Gasteiger partial charge in [0.1, 0.15) is 0 Å². The minimum absolute atomic E-state index is 0.344. The zero-order chi connectivity index (χ0) is 11.4. The van der Waals surface area contributed by atoms with Crippen LogP contribution in [0.1, 0.15) is 5.56 Å². The van der Waals surface area contributed by atoms with Crippen LogP contribution in [0.4, 0.5) is 11.5 Å². The van der Waals surface area contributed by atoms with E-state index in [1.807, 2.05) is 6.07 Å². The summed E-state index contributed by atoms with van der Waals surface area (Å²) in [5, 5.41) is 19.7. The molecule has 2 rings (SSSR count). The third-order valence-corrected chi connectivity index (χ3v) is 2.10. The normalized spacial score (nSPS) is 9.50. The van der Waals surface area contributed by atoms with Crippen molar-refractivity contribution in [2.45, 2.75) is 0 Å². The number of anilines is 2. The van der Waals surface area contributed by atoms with Crippen molar-refractivity contribution in [3.8, 4) is 6.07 Å². The monoisotopic (exact) mass is 230 g/mol. The fourth-order valence-electron chi connectivity index (χ4n) is 1.20. The Morgan fingerprint density at radius 3 is 2.75 bits per heavy atom. The van der Waals surface area contributed by atoms with Gasteiger partial charge in [-0.1, -0.05) is 17.7 Å². The van der Waals surface area contributed by atoms with E-state index >= 15 is 0 Å². The topological polar surface area (TPSA) is 61.6 Å². The molecular weight excluding hydrogens is 224 g/mol. The van der Waals surface area contributed by atoms with Gasteiger partial charge < -0.3 is 5.32 Å². The highest BCUT2D eigenvalue weighted by Gasteiger charge is 1.98. The number of hydrogen-bond acceptors (Lipinski definition) is 4. The predicted molar refractivity (Wildman–Crippen MR) is 61.5 cm³/mol. The summed E-state index contributed by atoms with van der Waals surface area (Å²) in [5.74, 6) is 0.583. The molecule has 5 heteroatoms. The maximum Gasteiger partial charge on any atom is 0.153 e. The van der Waals surface area contributed by atoms with Crippen LogP contribution in [0.2, 0.25) is 5.15 Å². The average Bonchev–Trinajstić information content (AvgIpc) is 2.32. The molecule has 0 atom stereocenters. The highest BCUT2D eigenvalue weighted by Crippen LogP contribution is 2.15. The first-order chi connectivity index (χ1) is 7.78. The number of aromatic nitrogens is 2. The molecule has 1 N–H and O–H groups in total. The second-order valence-corrected chi connectivity index (χ2v) is 3.45. The van der Waals surface area contributed by atoms with Gasteiger partial charge in [-0.15, -0.1) is 10.2 Å². The molecule has 0 unspecified atom stereocenters. The zero-order valence-electron chi connectivity index (χ0n) is 8.18. The lowest BCUT2D eigenvalue weighted by atomic mass is 10.2. The van der Waals surface area contributed by atoms with E-state index in [1.54, 1.807) is 30.3 Å². The Labute approximate surface area is 97.5 Å². The van der Waals surface area contributed by atoms with Crippen LogP contribution in [0.15, 0.2) is 36.4 Å². The summed E-state index contributed by atoms with van der Waals surface area (Å²) in [7, 11) is 0. The molecule has 0 radical (unpaired) electrons. The van der Waals surface area contributed by atoms with Crippen LogP contribution in [0, 0.1) is 11.3 Å². The Hall–Kier alpha value is -2.12. The van der Waals surface area contributed by atoms with E-state index in [0.29, 0.717) is 16.5 Å². The molecule has 0 aliphatic heterocycles. The lowest BCUT2D eigenvalue weighted by Gasteiger charge is -2.04. The minimum Gasteiger partial charge on any atom is -0.339 e. The molecule has 1 heterocycles. The van der Waals surface area contributed by atoms with Crippen molar-refractivity contribution in [1.29, 1.82) is 5.26 Å². The quantitative estimate of drug-likeness (QED) is 0.862. The minimum atomic E-state index is 0.344. The summed E-state index contributed by atoms with van der Waals surface area (Å²) in [6.07, 6.45) is 0. The average molecular weight is 231 g/mol. The summed E-state index contributed by atoms with van der Waals surface area (Å²) in [6, 6.07) is 12.5. The molecule has 16 heavy (non-hydrogen) atoms. The third-order valence-electron chi connectivity index (χ3n) is 1.90. The Morgan fingerprint density at radius 1 is 1.19 bits per heavy atom. The summed E-state index contributed by atoms with van der Waals surface area (Å²) in [4.78, 5) is 0. The molecule has 78 valence electrons. The van der Waals surface area contributed by atoms with Crippen LogP contribution in [0.3, 0.4) is 0 Å². The fraction of sp³-hybridized carbons (Fsp3) is 0. The lowest BCUT2D eigenvalue weighted by Crippen LogP contribution is -1.95. The van der Waals surface area contributed by atoms with Gasteiger partial charge in [-0.2, -0.15) is 5.26 Å². The van der Waals surface area contributed by atoms with E-state index in [-0.39, 0.29) is 0 Å². The van der Waals surface area contributed by atoms with Crippen molar-refractivity contribution in [2.75, 3.05) is 5.32 Å². The largest absolute Gasteiger partial charge is 0.339 e. The SMILES string of the molecule is N#Cc1cccc(Nc2ccc(Cl)nn2)c1. The van der Waals surface area contributed by atoms with Crippen LogP contribution >= 0.6 is 11.6 Å². The molecule has 2 aromatic rings. The molecule has 0 fully saturated rings. The Kier molecular flexibility index (Phi) is 2.99. The van der Waals surface area contributed by atoms with E-state index in [4.69, 9.17) is 16.9 Å². The first-order valence-electron chi connectivity index (χ1n) is 4.54. The highest BCUT2D eigenvalue weighted by atomic mass is 35.5. The third kappa shape index (κ3) is 2.47. The molecule has 0 saturated heterocycles. The molecule has 4 nitrogen and oxygen atoms in total. The Morgan fingerprint density at radius 2 is 2.06 bits per heavy atom. The van der Waals surface area contributed by atoms with E-state index in [1.165, 1.54) is 0 Å². The van der Waals surface area contributed by atoms with E-state index in [2.05, 4.69) is 21.6 Å². The van der Waals surface area contributed by atoms with Crippen LogP contribution in [-0.2, 0) is 0 Å². The van der Waals surface area contributed by atoms with Gasteiger partial charge >= 0.3 is 0 Å². The van der Waals surface area contributed by atoms with Crippen LogP contribution in [0.25, 0.3) is 0 Å². The van der Waals surface area contributed by atoms with Crippen molar-refractivity contribution in [1.82, 2.24) is 10.2 Å². The molecular formula is C11H7ClN4. The predicted octanol–water partition coefficient (Wildman–Crippen LogP) is 2.75. The second-order valence-electron chi connectivity index (χ2n) is 3.06. The second kappa shape index (κ2) is 4.60. The van der Waals surface area contributed by atoms with Gasteiger partial charge in [-0.3, -0.25) is 0 Å². The van der Waals surface area contributed by atoms with Crippen molar-refractivity contribution in [3.05, 3.63) is 47.1 Å². The van der Waals surface area contributed by atoms with Crippen LogP contribution in [-0.4, -0.2) is 10.2 Å². The Balaban J connectivity index is 2.21. The van der Waals surface area contributed by atoms with Gasteiger partial charge in [-0.05, 0) is 30.3 Å². The first kappa shape index (κ1) is 10.4. The number of halogens is 1. The number of nitrogens with zero attached hydrogens (tertiary/aromatic N) is 3. The maximum atomic E-state index is 8.74. The van der Waals surface area contributed by atoms with Gasteiger partial charge in [0, 0.05) is 5.69 Å². The van der Waals surface area contributed by atoms with Gasteiger partial charge in [0.15, 0.2) is 11.0 Å². The van der Waals surface area contributed by atoms with Crippen molar-refractivity contribution in [2.24, 2.45) is 0 Å². The van der Waals surface area contributed by atoms with Crippen LogP contribution < -0.4 is 5.32 Å². The van der Waals surface area contributed by atoms with Crippen LogP contribution in [0.5, 0.6) is 0 Å². The number of nitrogens with one attached hydrogen (secondary N) is 1. The maximum absolute atomic E-state index is 8.74. The first-order valence-corrected chi connectivity index (χ1v) is 4.92. The van der Waals surface area contributed by atoms with Gasteiger partial charge in [0.25, 0.3) is 0 Å². The van der Waals surface area contributed by atoms with Gasteiger partial charge in [-0.25, -0.2) is 0 Å². The molecule has 0 spiro atoms. The number of rotatable bonds is 2. The molecule has 0 amide bonds. The van der Waals surface area contributed by atoms with Crippen molar-refractivity contribution >= 4 is 23.1 Å². The summed E-state index contributed by atoms with van der Waals surface area (Å²) in [6.45, 7) is 0. The summed E-state index contributed by atoms with van der Waals surface area (Å²) in [5.41, 5.74) is 1.38. The number of hydrogen-bond donors (Lipinski definition) is 1. The molecule has 0 aliphatic rings. The smallest absolute Gasteiger partial charge is 0.153 e. The van der Waals surface area contributed by atoms with E-state index < -0.39 is 0 Å². The van der Waals surface area contributed by atoms with E-state index in [0.717, 1.165) is 5.69 Å². The molecule has 0 saturated carbocycles. The van der Waals surface area contributed by atoms with Crippen molar-refractivity contribution < 1.29 is 0 Å². The van der Waals surface area contributed by atoms with Gasteiger partial charge in [0.05, 0.1) is 11.6 Å². The fourth-order valence-corrected chi connectivity index (χ4v) is 1.30. The zero-order valence-corrected chi connectivity index (χ0v) is 8.94. The summed E-state index contributed by atoms with van der Waals surface area (Å²) >= 11 is 5.62. The standard InChI is InChI=1S/C11H7ClN4/c12-10-4-5-11(16-15-10)14-9-3-1-2-8(6-9)7-13/h1-6H,(H,14,16). The lowest BCUT2D eigenvalue weighted by molar-refractivity contribution is 1.04. The molecule has 0 aliphatic carbocycles. The molecule has 0 bridgehead atoms. The number of nitriles is 1.